The Labute approximate surface area is 132 Å². The number of nitrogens with zero attached hydrogens (tertiary/aromatic N) is 1. The second kappa shape index (κ2) is 8.10. The van der Waals surface area contributed by atoms with Crippen LogP contribution in [0, 0.1) is 5.92 Å². The highest BCUT2D eigenvalue weighted by Gasteiger charge is 2.14. The van der Waals surface area contributed by atoms with E-state index >= 15 is 0 Å². The summed E-state index contributed by atoms with van der Waals surface area (Å²) in [5, 5.41) is 2.88. The van der Waals surface area contributed by atoms with E-state index in [1.54, 1.807) is 6.07 Å². The molecule has 0 saturated heterocycles. The molecule has 4 nitrogen and oxygen atoms in total. The van der Waals surface area contributed by atoms with Gasteiger partial charge < -0.3 is 11.1 Å². The number of hydrogen-bond donors (Lipinski definition) is 2. The van der Waals surface area contributed by atoms with Crippen LogP contribution in [0.15, 0.2) is 24.3 Å². The van der Waals surface area contributed by atoms with Gasteiger partial charge in [-0.15, -0.1) is 0 Å². The van der Waals surface area contributed by atoms with E-state index in [2.05, 4.69) is 31.0 Å². The van der Waals surface area contributed by atoms with Crippen molar-refractivity contribution in [3.05, 3.63) is 29.8 Å². The van der Waals surface area contributed by atoms with Gasteiger partial charge >= 0.3 is 0 Å². The number of rotatable bonds is 7. The summed E-state index contributed by atoms with van der Waals surface area (Å²) in [5.74, 6) is 0.584. The minimum Gasteiger partial charge on any atom is -0.389 e. The van der Waals surface area contributed by atoms with Crippen LogP contribution in [0.4, 0.5) is 5.69 Å². The van der Waals surface area contributed by atoms with Crippen LogP contribution in [0.2, 0.25) is 0 Å². The first-order valence-electron chi connectivity index (χ1n) is 7.19. The molecular weight excluding hydrogens is 282 g/mol. The summed E-state index contributed by atoms with van der Waals surface area (Å²) < 4.78 is 0. The first-order valence-corrected chi connectivity index (χ1v) is 7.60. The lowest BCUT2D eigenvalue weighted by atomic mass is 10.0. The Morgan fingerprint density at radius 2 is 2.05 bits per heavy atom. The third-order valence-electron chi connectivity index (χ3n) is 3.39. The molecule has 0 aliphatic rings. The Kier molecular flexibility index (Phi) is 6.78. The molecule has 0 aliphatic carbocycles. The quantitative estimate of drug-likeness (QED) is 0.760. The van der Waals surface area contributed by atoms with Gasteiger partial charge in [-0.05, 0) is 38.4 Å². The number of carbonyl (C=O) groups excluding carboxylic acids is 1. The Bertz CT molecular complexity index is 502. The molecule has 0 radical (unpaired) electrons. The fourth-order valence-electron chi connectivity index (χ4n) is 2.20. The largest absolute Gasteiger partial charge is 0.389 e. The number of hydrogen-bond acceptors (Lipinski definition) is 3. The summed E-state index contributed by atoms with van der Waals surface area (Å²) in [6.45, 7) is 6.88. The Hall–Kier alpha value is -1.46. The van der Waals surface area contributed by atoms with E-state index < -0.39 is 0 Å². The third-order valence-corrected chi connectivity index (χ3v) is 3.62. The number of nitrogens with one attached hydrogen (secondary N) is 1. The number of thiocarbonyl (C=S) groups is 1. The molecule has 0 bridgehead atoms. The molecule has 0 saturated carbocycles. The van der Waals surface area contributed by atoms with Crippen molar-refractivity contribution in [2.75, 3.05) is 18.9 Å². The molecule has 1 aromatic carbocycles. The van der Waals surface area contributed by atoms with Gasteiger partial charge in [-0.3, -0.25) is 9.69 Å². The standard InChI is InChI=1S/C16H25N3OS/c1-11(2)8-12(3)19(4)10-15(20)18-14-7-5-6-13(9-14)16(17)21/h5-7,9,11-12H,8,10H2,1-4H3,(H2,17,21)(H,18,20). The molecule has 0 spiro atoms. The van der Waals surface area contributed by atoms with Crippen LogP contribution in [0.5, 0.6) is 0 Å². The Balaban J connectivity index is 2.57. The summed E-state index contributed by atoms with van der Waals surface area (Å²) in [5.41, 5.74) is 7.06. The highest BCUT2D eigenvalue weighted by molar-refractivity contribution is 7.80. The van der Waals surface area contributed by atoms with Crippen LogP contribution in [-0.4, -0.2) is 35.4 Å². The summed E-state index contributed by atoms with van der Waals surface area (Å²) >= 11 is 4.94. The maximum atomic E-state index is 12.1. The minimum atomic E-state index is -0.0341. The highest BCUT2D eigenvalue weighted by atomic mass is 32.1. The average molecular weight is 307 g/mol. The smallest absolute Gasteiger partial charge is 0.238 e. The van der Waals surface area contributed by atoms with Gasteiger partial charge in [0.25, 0.3) is 0 Å². The van der Waals surface area contributed by atoms with E-state index in [1.807, 2.05) is 25.2 Å². The minimum absolute atomic E-state index is 0.0341. The average Bonchev–Trinajstić information content (AvgIpc) is 2.37. The maximum Gasteiger partial charge on any atom is 0.238 e. The van der Waals surface area contributed by atoms with Crippen molar-refractivity contribution >= 4 is 28.8 Å². The molecule has 21 heavy (non-hydrogen) atoms. The van der Waals surface area contributed by atoms with E-state index in [0.29, 0.717) is 23.5 Å². The van der Waals surface area contributed by atoms with Crippen LogP contribution in [0.3, 0.4) is 0 Å². The number of carbonyl (C=O) groups is 1. The van der Waals surface area contributed by atoms with Crippen LogP contribution in [0.1, 0.15) is 32.8 Å². The van der Waals surface area contributed by atoms with Gasteiger partial charge in [0.15, 0.2) is 0 Å². The molecule has 0 fully saturated rings. The van der Waals surface area contributed by atoms with Gasteiger partial charge in [0.1, 0.15) is 4.99 Å². The molecular formula is C16H25N3OS. The predicted octanol–water partition coefficient (Wildman–Crippen LogP) is 2.63. The number of anilines is 1. The van der Waals surface area contributed by atoms with E-state index in [-0.39, 0.29) is 5.91 Å². The van der Waals surface area contributed by atoms with Crippen molar-refractivity contribution < 1.29 is 4.79 Å². The number of amides is 1. The summed E-state index contributed by atoms with van der Waals surface area (Å²) in [6, 6.07) is 7.65. The molecule has 1 amide bonds. The number of benzene rings is 1. The molecule has 3 N–H and O–H groups in total. The van der Waals surface area contributed by atoms with E-state index in [0.717, 1.165) is 17.7 Å². The van der Waals surface area contributed by atoms with E-state index in [1.165, 1.54) is 0 Å². The Morgan fingerprint density at radius 3 is 2.62 bits per heavy atom. The van der Waals surface area contributed by atoms with Crippen molar-refractivity contribution in [3.63, 3.8) is 0 Å². The fraction of sp³-hybridized carbons (Fsp3) is 0.500. The molecule has 1 rings (SSSR count). The number of likely N-dealkylation sites (N-methyl/N-ethyl adjacent to an activating group) is 1. The lowest BCUT2D eigenvalue weighted by Crippen LogP contribution is -2.37. The molecule has 116 valence electrons. The zero-order valence-corrected chi connectivity index (χ0v) is 14.0. The first kappa shape index (κ1) is 17.6. The monoisotopic (exact) mass is 307 g/mol. The summed E-state index contributed by atoms with van der Waals surface area (Å²) in [6.07, 6.45) is 1.07. The van der Waals surface area contributed by atoms with Gasteiger partial charge in [0.05, 0.1) is 6.54 Å². The van der Waals surface area contributed by atoms with Gasteiger partial charge in [0, 0.05) is 17.3 Å². The zero-order chi connectivity index (χ0) is 16.0. The van der Waals surface area contributed by atoms with Crippen molar-refractivity contribution in [3.8, 4) is 0 Å². The van der Waals surface area contributed by atoms with Crippen LogP contribution in [0.25, 0.3) is 0 Å². The van der Waals surface area contributed by atoms with Crippen molar-refractivity contribution in [1.82, 2.24) is 4.90 Å². The first-order chi connectivity index (χ1) is 9.79. The van der Waals surface area contributed by atoms with Gasteiger partial charge in [-0.2, -0.15) is 0 Å². The van der Waals surface area contributed by atoms with Crippen molar-refractivity contribution in [1.29, 1.82) is 0 Å². The zero-order valence-electron chi connectivity index (χ0n) is 13.2. The molecule has 1 unspecified atom stereocenters. The summed E-state index contributed by atoms with van der Waals surface area (Å²) in [4.78, 5) is 14.5. The highest BCUT2D eigenvalue weighted by Crippen LogP contribution is 2.12. The second-order valence-electron chi connectivity index (χ2n) is 5.89. The van der Waals surface area contributed by atoms with E-state index in [4.69, 9.17) is 18.0 Å². The van der Waals surface area contributed by atoms with E-state index in [9.17, 15) is 4.79 Å². The fourth-order valence-corrected chi connectivity index (χ4v) is 2.32. The van der Waals surface area contributed by atoms with Gasteiger partial charge in [0.2, 0.25) is 5.91 Å². The molecule has 0 aromatic heterocycles. The molecule has 0 heterocycles. The van der Waals surface area contributed by atoms with Crippen LogP contribution < -0.4 is 11.1 Å². The lowest BCUT2D eigenvalue weighted by molar-refractivity contribution is -0.117. The van der Waals surface area contributed by atoms with Crippen LogP contribution in [-0.2, 0) is 4.79 Å². The van der Waals surface area contributed by atoms with Gasteiger partial charge in [-0.1, -0.05) is 38.2 Å². The third kappa shape index (κ3) is 6.23. The number of nitrogens with two attached hydrogens (primary N) is 1. The van der Waals surface area contributed by atoms with Crippen LogP contribution >= 0.6 is 12.2 Å². The predicted molar refractivity (Wildman–Crippen MR) is 92.5 cm³/mol. The SMILES string of the molecule is CC(C)CC(C)N(C)CC(=O)Nc1cccc(C(N)=S)c1. The normalized spacial score (nSPS) is 12.5. The van der Waals surface area contributed by atoms with Crippen molar-refractivity contribution in [2.24, 2.45) is 11.7 Å². The Morgan fingerprint density at radius 1 is 1.38 bits per heavy atom. The molecule has 5 heteroatoms. The summed E-state index contributed by atoms with van der Waals surface area (Å²) in [7, 11) is 1.97. The maximum absolute atomic E-state index is 12.1. The topological polar surface area (TPSA) is 58.4 Å². The van der Waals surface area contributed by atoms with Gasteiger partial charge in [-0.25, -0.2) is 0 Å². The lowest BCUT2D eigenvalue weighted by Gasteiger charge is -2.25. The molecule has 0 aliphatic heterocycles. The molecule has 1 atom stereocenters. The molecule has 1 aromatic rings. The second-order valence-corrected chi connectivity index (χ2v) is 6.33. The van der Waals surface area contributed by atoms with Crippen molar-refractivity contribution in [2.45, 2.75) is 33.2 Å².